The van der Waals surface area contributed by atoms with Gasteiger partial charge in [0.15, 0.2) is 0 Å². The van der Waals surface area contributed by atoms with Crippen LogP contribution in [0.25, 0.3) is 0 Å². The summed E-state index contributed by atoms with van der Waals surface area (Å²) >= 11 is 0. The van der Waals surface area contributed by atoms with Gasteiger partial charge in [-0.1, -0.05) is 13.0 Å². The molecule has 0 bridgehead atoms. The quantitative estimate of drug-likeness (QED) is 0.806. The molecule has 3 heteroatoms. The van der Waals surface area contributed by atoms with Gasteiger partial charge in [-0.3, -0.25) is 0 Å². The summed E-state index contributed by atoms with van der Waals surface area (Å²) in [5, 5.41) is 3.31. The fourth-order valence-electron chi connectivity index (χ4n) is 2.27. The maximum absolute atomic E-state index is 13.2. The zero-order chi connectivity index (χ0) is 13.5. The lowest BCUT2D eigenvalue weighted by molar-refractivity contribution is 0.150. The Morgan fingerprint density at radius 3 is 2.72 bits per heavy atom. The molecule has 2 unspecified atom stereocenters. The summed E-state index contributed by atoms with van der Waals surface area (Å²) in [4.78, 5) is 0. The molecule has 1 rings (SSSR count). The summed E-state index contributed by atoms with van der Waals surface area (Å²) in [5.74, 6) is 0.344. The van der Waals surface area contributed by atoms with E-state index in [0.717, 1.165) is 30.6 Å². The highest BCUT2D eigenvalue weighted by molar-refractivity contribution is 5.27. The van der Waals surface area contributed by atoms with Crippen LogP contribution in [0, 0.1) is 18.7 Å². The van der Waals surface area contributed by atoms with E-state index in [9.17, 15) is 4.39 Å². The van der Waals surface area contributed by atoms with Crippen molar-refractivity contribution in [2.24, 2.45) is 5.92 Å². The zero-order valence-electron chi connectivity index (χ0n) is 11.8. The second-order valence-corrected chi connectivity index (χ2v) is 5.06. The first-order valence-corrected chi connectivity index (χ1v) is 6.48. The molecule has 0 fully saturated rings. The molecular formula is C15H24FNO. The van der Waals surface area contributed by atoms with Gasteiger partial charge in [0.1, 0.15) is 5.82 Å². The highest BCUT2D eigenvalue weighted by Crippen LogP contribution is 2.16. The summed E-state index contributed by atoms with van der Waals surface area (Å²) in [6.07, 6.45) is 1.88. The Labute approximate surface area is 110 Å². The Morgan fingerprint density at radius 1 is 1.39 bits per heavy atom. The number of methoxy groups -OCH3 is 1. The zero-order valence-corrected chi connectivity index (χ0v) is 11.8. The highest BCUT2D eigenvalue weighted by Gasteiger charge is 2.13. The third-order valence-corrected chi connectivity index (χ3v) is 3.32. The summed E-state index contributed by atoms with van der Waals surface area (Å²) in [6, 6.07) is 5.35. The van der Waals surface area contributed by atoms with E-state index in [1.165, 1.54) is 6.07 Å². The molecule has 0 aromatic heterocycles. The molecule has 0 heterocycles. The number of rotatable bonds is 7. The Morgan fingerprint density at radius 2 is 2.11 bits per heavy atom. The first-order chi connectivity index (χ1) is 8.56. The van der Waals surface area contributed by atoms with E-state index in [4.69, 9.17) is 4.74 Å². The molecule has 0 aliphatic rings. The monoisotopic (exact) mass is 253 g/mol. The molecule has 1 aromatic carbocycles. The first kappa shape index (κ1) is 15.1. The van der Waals surface area contributed by atoms with Gasteiger partial charge in [0.25, 0.3) is 0 Å². The summed E-state index contributed by atoms with van der Waals surface area (Å²) in [5.41, 5.74) is 2.23. The molecule has 2 atom stereocenters. The Bertz CT molecular complexity index is 368. The lowest BCUT2D eigenvalue weighted by Crippen LogP contribution is -2.30. The standard InChI is InChI=1S/C15H24FNO/c1-11(10-18-4)7-15(17-3)9-13-8-14(16)6-5-12(13)2/h5-6,8,11,15,17H,7,9-10H2,1-4H3. The van der Waals surface area contributed by atoms with Crippen molar-refractivity contribution in [2.75, 3.05) is 20.8 Å². The first-order valence-electron chi connectivity index (χ1n) is 6.48. The minimum absolute atomic E-state index is 0.157. The van der Waals surface area contributed by atoms with E-state index < -0.39 is 0 Å². The number of hydrogen-bond donors (Lipinski definition) is 1. The van der Waals surface area contributed by atoms with Gasteiger partial charge >= 0.3 is 0 Å². The average molecular weight is 253 g/mol. The van der Waals surface area contributed by atoms with Crippen molar-refractivity contribution in [3.63, 3.8) is 0 Å². The van der Waals surface area contributed by atoms with Gasteiger partial charge < -0.3 is 10.1 Å². The van der Waals surface area contributed by atoms with Gasteiger partial charge in [0, 0.05) is 19.8 Å². The minimum atomic E-state index is -0.157. The number of benzene rings is 1. The molecular weight excluding hydrogens is 229 g/mol. The molecule has 0 saturated carbocycles. The van der Waals surface area contributed by atoms with E-state index in [0.29, 0.717) is 12.0 Å². The molecule has 0 amide bonds. The topological polar surface area (TPSA) is 21.3 Å². The molecule has 1 aromatic rings. The third-order valence-electron chi connectivity index (χ3n) is 3.32. The van der Waals surface area contributed by atoms with E-state index in [1.54, 1.807) is 13.2 Å². The third kappa shape index (κ3) is 4.75. The Balaban J connectivity index is 2.64. The van der Waals surface area contributed by atoms with Crippen molar-refractivity contribution >= 4 is 0 Å². The van der Waals surface area contributed by atoms with Crippen molar-refractivity contribution in [1.29, 1.82) is 0 Å². The van der Waals surface area contributed by atoms with Crippen LogP contribution >= 0.6 is 0 Å². The minimum Gasteiger partial charge on any atom is -0.384 e. The number of aryl methyl sites for hydroxylation is 1. The van der Waals surface area contributed by atoms with Crippen molar-refractivity contribution in [3.05, 3.63) is 35.1 Å². The molecule has 0 aliphatic carbocycles. The molecule has 0 radical (unpaired) electrons. The number of likely N-dealkylation sites (N-methyl/N-ethyl adjacent to an activating group) is 1. The second kappa shape index (κ2) is 7.49. The summed E-state index contributed by atoms with van der Waals surface area (Å²) in [6.45, 7) is 4.96. The Kier molecular flexibility index (Phi) is 6.30. The largest absolute Gasteiger partial charge is 0.384 e. The van der Waals surface area contributed by atoms with Crippen molar-refractivity contribution in [2.45, 2.75) is 32.7 Å². The normalized spacial score (nSPS) is 14.5. The molecule has 0 saturated heterocycles. The molecule has 0 aliphatic heterocycles. The van der Waals surface area contributed by atoms with Crippen LogP contribution < -0.4 is 5.32 Å². The molecule has 102 valence electrons. The maximum Gasteiger partial charge on any atom is 0.123 e. The number of ether oxygens (including phenoxy) is 1. The van der Waals surface area contributed by atoms with Crippen LogP contribution in [0.1, 0.15) is 24.5 Å². The Hall–Kier alpha value is -0.930. The van der Waals surface area contributed by atoms with Crippen LogP contribution in [0.5, 0.6) is 0 Å². The van der Waals surface area contributed by atoms with Gasteiger partial charge in [0.05, 0.1) is 0 Å². The van der Waals surface area contributed by atoms with Gasteiger partial charge in [-0.15, -0.1) is 0 Å². The molecule has 18 heavy (non-hydrogen) atoms. The predicted molar refractivity (Wildman–Crippen MR) is 73.3 cm³/mol. The van der Waals surface area contributed by atoms with Crippen molar-refractivity contribution < 1.29 is 9.13 Å². The number of halogens is 1. The van der Waals surface area contributed by atoms with Crippen LogP contribution in [-0.4, -0.2) is 26.8 Å². The van der Waals surface area contributed by atoms with Gasteiger partial charge in [-0.2, -0.15) is 0 Å². The maximum atomic E-state index is 13.2. The van der Waals surface area contributed by atoms with E-state index in [-0.39, 0.29) is 5.82 Å². The van der Waals surface area contributed by atoms with Gasteiger partial charge in [0.2, 0.25) is 0 Å². The van der Waals surface area contributed by atoms with Gasteiger partial charge in [-0.25, -0.2) is 4.39 Å². The van der Waals surface area contributed by atoms with E-state index in [1.807, 2.05) is 20.0 Å². The predicted octanol–water partition coefficient (Wildman–Crippen LogP) is 2.94. The van der Waals surface area contributed by atoms with Crippen molar-refractivity contribution in [3.8, 4) is 0 Å². The summed E-state index contributed by atoms with van der Waals surface area (Å²) in [7, 11) is 3.68. The fraction of sp³-hybridized carbons (Fsp3) is 0.600. The van der Waals surface area contributed by atoms with Gasteiger partial charge in [-0.05, 0) is 56.0 Å². The van der Waals surface area contributed by atoms with Crippen LogP contribution in [0.3, 0.4) is 0 Å². The number of nitrogens with one attached hydrogen (secondary N) is 1. The van der Waals surface area contributed by atoms with Crippen LogP contribution in [-0.2, 0) is 11.2 Å². The molecule has 1 N–H and O–H groups in total. The molecule has 2 nitrogen and oxygen atoms in total. The van der Waals surface area contributed by atoms with E-state index in [2.05, 4.69) is 12.2 Å². The lowest BCUT2D eigenvalue weighted by atomic mass is 9.94. The number of hydrogen-bond acceptors (Lipinski definition) is 2. The fourth-order valence-corrected chi connectivity index (χ4v) is 2.27. The summed E-state index contributed by atoms with van der Waals surface area (Å²) < 4.78 is 18.4. The lowest BCUT2D eigenvalue weighted by Gasteiger charge is -2.21. The highest BCUT2D eigenvalue weighted by atomic mass is 19.1. The van der Waals surface area contributed by atoms with Crippen LogP contribution in [0.15, 0.2) is 18.2 Å². The molecule has 0 spiro atoms. The van der Waals surface area contributed by atoms with Crippen LogP contribution in [0.4, 0.5) is 4.39 Å². The van der Waals surface area contributed by atoms with Crippen molar-refractivity contribution in [1.82, 2.24) is 5.32 Å². The van der Waals surface area contributed by atoms with E-state index >= 15 is 0 Å². The SMILES string of the molecule is CNC(Cc1cc(F)ccc1C)CC(C)COC. The second-order valence-electron chi connectivity index (χ2n) is 5.06. The van der Waals surface area contributed by atoms with Crippen LogP contribution in [0.2, 0.25) is 0 Å². The average Bonchev–Trinajstić information content (AvgIpc) is 2.33. The smallest absolute Gasteiger partial charge is 0.123 e.